The van der Waals surface area contributed by atoms with Gasteiger partial charge in [0.15, 0.2) is 0 Å². The number of nitrogens with zero attached hydrogens (tertiary/aromatic N) is 5. The Hall–Kier alpha value is -4.23. The number of carbonyl (C=O) groups is 1. The van der Waals surface area contributed by atoms with E-state index in [0.717, 1.165) is 40.3 Å². The number of carboxylic acid groups (broad SMARTS) is 1. The highest BCUT2D eigenvalue weighted by molar-refractivity contribution is 5.85. The summed E-state index contributed by atoms with van der Waals surface area (Å²) in [4.78, 5) is 32.2. The molecule has 38 heavy (non-hydrogen) atoms. The Morgan fingerprint density at radius 3 is 2.13 bits per heavy atom. The second-order valence-corrected chi connectivity index (χ2v) is 9.37. The lowest BCUT2D eigenvalue weighted by Gasteiger charge is -2.21. The van der Waals surface area contributed by atoms with Crippen molar-refractivity contribution in [3.05, 3.63) is 114 Å². The fourth-order valence-electron chi connectivity index (χ4n) is 4.19. The number of aliphatic imine (C=N–C) groups is 1. The summed E-state index contributed by atoms with van der Waals surface area (Å²) in [6, 6.07) is 25.0. The predicted octanol–water partition coefficient (Wildman–Crippen LogP) is 5.66. The van der Waals surface area contributed by atoms with Crippen LogP contribution in [0.4, 0.5) is 0 Å². The zero-order chi connectivity index (χ0) is 26.7. The molecule has 0 unspecified atom stereocenters. The molecule has 194 valence electrons. The van der Waals surface area contributed by atoms with E-state index >= 15 is 0 Å². The van der Waals surface area contributed by atoms with Crippen molar-refractivity contribution < 1.29 is 9.90 Å². The molecule has 0 aliphatic heterocycles. The number of hydrogen-bond donors (Lipinski definition) is 1. The van der Waals surface area contributed by atoms with Gasteiger partial charge in [0.2, 0.25) is 0 Å². The molecule has 0 aliphatic carbocycles. The molecule has 0 fully saturated rings. The fourth-order valence-corrected chi connectivity index (χ4v) is 4.19. The Morgan fingerprint density at radius 2 is 1.53 bits per heavy atom. The van der Waals surface area contributed by atoms with Crippen LogP contribution in [-0.2, 0) is 24.4 Å². The summed E-state index contributed by atoms with van der Waals surface area (Å²) in [5.41, 5.74) is 5.57. The number of aromatic nitrogens is 3. The third-order valence-corrected chi connectivity index (χ3v) is 6.42. The summed E-state index contributed by atoms with van der Waals surface area (Å²) in [5.74, 6) is -0.938. The second kappa shape index (κ2) is 13.4. The fraction of sp³-hybridized carbons (Fsp3) is 0.258. The van der Waals surface area contributed by atoms with Gasteiger partial charge in [0.25, 0.3) is 0 Å². The van der Waals surface area contributed by atoms with Crippen LogP contribution in [0.25, 0.3) is 11.3 Å². The molecule has 1 N–H and O–H groups in total. The zero-order valence-electron chi connectivity index (χ0n) is 21.8. The van der Waals surface area contributed by atoms with Crippen molar-refractivity contribution >= 4 is 12.2 Å². The van der Waals surface area contributed by atoms with Gasteiger partial charge in [-0.3, -0.25) is 24.8 Å². The minimum absolute atomic E-state index is 0.0367. The van der Waals surface area contributed by atoms with Crippen molar-refractivity contribution in [3.8, 4) is 11.3 Å². The van der Waals surface area contributed by atoms with Gasteiger partial charge in [-0.05, 0) is 53.9 Å². The van der Waals surface area contributed by atoms with Crippen LogP contribution in [0.1, 0.15) is 42.9 Å². The van der Waals surface area contributed by atoms with Gasteiger partial charge in [0, 0.05) is 43.8 Å². The van der Waals surface area contributed by atoms with Crippen molar-refractivity contribution in [1.29, 1.82) is 0 Å². The lowest BCUT2D eigenvalue weighted by Crippen LogP contribution is -2.25. The highest BCUT2D eigenvalue weighted by atomic mass is 16.4. The molecule has 7 nitrogen and oxygen atoms in total. The van der Waals surface area contributed by atoms with Gasteiger partial charge in [-0.1, -0.05) is 56.7 Å². The zero-order valence-corrected chi connectivity index (χ0v) is 21.8. The van der Waals surface area contributed by atoms with E-state index in [1.165, 1.54) is 0 Å². The molecule has 0 spiro atoms. The van der Waals surface area contributed by atoms with Crippen LogP contribution in [-0.4, -0.2) is 43.2 Å². The van der Waals surface area contributed by atoms with Gasteiger partial charge in [-0.15, -0.1) is 0 Å². The maximum Gasteiger partial charge on any atom is 0.328 e. The van der Waals surface area contributed by atoms with Gasteiger partial charge in [0.1, 0.15) is 6.04 Å². The molecular weight excluding hydrogens is 474 g/mol. The monoisotopic (exact) mass is 507 g/mol. The normalized spacial score (nSPS) is 13.0. The van der Waals surface area contributed by atoms with Crippen LogP contribution < -0.4 is 0 Å². The summed E-state index contributed by atoms with van der Waals surface area (Å²) in [7, 11) is 0. The number of pyridine rings is 3. The molecule has 0 saturated heterocycles. The standard InChI is InChI=1S/C31H33N5O2/c1-3-23(2)30(31(37)38)34-19-24-10-8-11-25(18-24)29-15-9-14-28(35-29)22-36(20-26-12-4-6-16-32-26)21-27-13-5-7-17-33-27/h4-19,23,30H,3,20-22H2,1-2H3,(H,37,38)/t23-,30-/m0/s1. The van der Waals surface area contributed by atoms with E-state index in [4.69, 9.17) is 4.98 Å². The molecule has 2 atom stereocenters. The molecule has 4 rings (SSSR count). The lowest BCUT2D eigenvalue weighted by atomic mass is 10.00. The van der Waals surface area contributed by atoms with Crippen LogP contribution in [0.3, 0.4) is 0 Å². The van der Waals surface area contributed by atoms with Crippen LogP contribution in [0, 0.1) is 5.92 Å². The van der Waals surface area contributed by atoms with E-state index in [1.54, 1.807) is 6.21 Å². The van der Waals surface area contributed by atoms with Gasteiger partial charge in [-0.25, -0.2) is 4.79 Å². The molecule has 0 amide bonds. The second-order valence-electron chi connectivity index (χ2n) is 9.37. The molecule has 3 aromatic heterocycles. The number of rotatable bonds is 12. The van der Waals surface area contributed by atoms with E-state index in [9.17, 15) is 9.90 Å². The molecule has 0 saturated carbocycles. The largest absolute Gasteiger partial charge is 0.480 e. The summed E-state index contributed by atoms with van der Waals surface area (Å²) >= 11 is 0. The first-order valence-corrected chi connectivity index (χ1v) is 12.9. The number of hydrogen-bond acceptors (Lipinski definition) is 6. The maximum absolute atomic E-state index is 11.6. The van der Waals surface area contributed by atoms with Crippen LogP contribution in [0.15, 0.2) is 96.2 Å². The third kappa shape index (κ3) is 7.63. The lowest BCUT2D eigenvalue weighted by molar-refractivity contribution is -0.139. The van der Waals surface area contributed by atoms with Gasteiger partial charge < -0.3 is 5.11 Å². The Balaban J connectivity index is 1.54. The molecule has 0 aliphatic rings. The van der Waals surface area contributed by atoms with Crippen LogP contribution in [0.2, 0.25) is 0 Å². The number of aliphatic carboxylic acids is 1. The maximum atomic E-state index is 11.6. The summed E-state index contributed by atoms with van der Waals surface area (Å²) in [6.45, 7) is 5.87. The molecular formula is C31H33N5O2. The average molecular weight is 508 g/mol. The first-order chi connectivity index (χ1) is 18.5. The predicted molar refractivity (Wildman–Crippen MR) is 150 cm³/mol. The van der Waals surface area contributed by atoms with Crippen molar-refractivity contribution in [1.82, 2.24) is 19.9 Å². The minimum atomic E-state index is -0.901. The Morgan fingerprint density at radius 1 is 0.895 bits per heavy atom. The van der Waals surface area contributed by atoms with Crippen molar-refractivity contribution in [2.45, 2.75) is 45.9 Å². The van der Waals surface area contributed by atoms with Crippen molar-refractivity contribution in [2.75, 3.05) is 0 Å². The highest BCUT2D eigenvalue weighted by Crippen LogP contribution is 2.20. The van der Waals surface area contributed by atoms with Gasteiger partial charge >= 0.3 is 5.97 Å². The SMILES string of the molecule is CC[C@H](C)[C@H](N=Cc1cccc(-c2cccc(CN(Cc3ccccn3)Cc3ccccn3)n2)c1)C(=O)O. The number of carboxylic acids is 1. The Labute approximate surface area is 224 Å². The molecule has 3 heterocycles. The third-order valence-electron chi connectivity index (χ3n) is 6.42. The van der Waals surface area contributed by atoms with Gasteiger partial charge in [0.05, 0.1) is 22.8 Å². The quantitative estimate of drug-likeness (QED) is 0.249. The van der Waals surface area contributed by atoms with Crippen LogP contribution in [0.5, 0.6) is 0 Å². The summed E-state index contributed by atoms with van der Waals surface area (Å²) in [6.07, 6.45) is 6.03. The topological polar surface area (TPSA) is 91.6 Å². The molecule has 7 heteroatoms. The molecule has 1 aromatic carbocycles. The van der Waals surface area contributed by atoms with Gasteiger partial charge in [-0.2, -0.15) is 0 Å². The summed E-state index contributed by atoms with van der Waals surface area (Å²) in [5, 5.41) is 9.54. The number of benzene rings is 1. The Kier molecular flexibility index (Phi) is 9.43. The highest BCUT2D eigenvalue weighted by Gasteiger charge is 2.21. The van der Waals surface area contributed by atoms with E-state index in [0.29, 0.717) is 19.6 Å². The van der Waals surface area contributed by atoms with Crippen molar-refractivity contribution in [3.63, 3.8) is 0 Å². The first-order valence-electron chi connectivity index (χ1n) is 12.9. The average Bonchev–Trinajstić information content (AvgIpc) is 2.94. The smallest absolute Gasteiger partial charge is 0.328 e. The van der Waals surface area contributed by atoms with E-state index in [1.807, 2.05) is 105 Å². The minimum Gasteiger partial charge on any atom is -0.480 e. The van der Waals surface area contributed by atoms with Crippen LogP contribution >= 0.6 is 0 Å². The Bertz CT molecular complexity index is 1300. The summed E-state index contributed by atoms with van der Waals surface area (Å²) < 4.78 is 0. The molecule has 4 aromatic rings. The first kappa shape index (κ1) is 26.8. The molecule has 0 bridgehead atoms. The van der Waals surface area contributed by atoms with E-state index in [2.05, 4.69) is 19.9 Å². The van der Waals surface area contributed by atoms with E-state index < -0.39 is 12.0 Å². The van der Waals surface area contributed by atoms with Crippen molar-refractivity contribution in [2.24, 2.45) is 10.9 Å². The molecule has 0 radical (unpaired) electrons. The van der Waals surface area contributed by atoms with E-state index in [-0.39, 0.29) is 5.92 Å².